The Bertz CT molecular complexity index is 1320. The van der Waals surface area contributed by atoms with E-state index < -0.39 is 0 Å². The van der Waals surface area contributed by atoms with Crippen LogP contribution >= 0.6 is 0 Å². The van der Waals surface area contributed by atoms with Crippen LogP contribution in [-0.2, 0) is 12.0 Å². The first-order valence-electron chi connectivity index (χ1n) is 11.4. The van der Waals surface area contributed by atoms with Gasteiger partial charge < -0.3 is 15.6 Å². The molecule has 0 amide bonds. The zero-order valence-corrected chi connectivity index (χ0v) is 19.0. The summed E-state index contributed by atoms with van der Waals surface area (Å²) in [6.07, 6.45) is 8.40. The summed E-state index contributed by atoms with van der Waals surface area (Å²) in [6, 6.07) is 0. The highest BCUT2D eigenvalue weighted by molar-refractivity contribution is 6.00. The van der Waals surface area contributed by atoms with Gasteiger partial charge in [0.15, 0.2) is 17.2 Å². The zero-order valence-electron chi connectivity index (χ0n) is 19.0. The SMILES string of the molecule is CC(C)(C)n1nc(-c2noc(C3CC3)c2-c2ncc(CC3CNC3)cn2)c2c(N)ncnc21. The summed E-state index contributed by atoms with van der Waals surface area (Å²) < 4.78 is 7.73. The molecule has 2 aliphatic rings. The molecular weight excluding hydrogens is 418 g/mol. The third-order valence-corrected chi connectivity index (χ3v) is 6.34. The van der Waals surface area contributed by atoms with Crippen LogP contribution in [0.25, 0.3) is 33.8 Å². The van der Waals surface area contributed by atoms with Gasteiger partial charge in [-0.2, -0.15) is 5.10 Å². The summed E-state index contributed by atoms with van der Waals surface area (Å²) >= 11 is 0. The van der Waals surface area contributed by atoms with Crippen molar-refractivity contribution in [3.8, 4) is 22.8 Å². The van der Waals surface area contributed by atoms with Crippen LogP contribution in [0.3, 0.4) is 0 Å². The van der Waals surface area contributed by atoms with Crippen molar-refractivity contribution in [1.29, 1.82) is 0 Å². The van der Waals surface area contributed by atoms with E-state index in [0.29, 0.717) is 45.9 Å². The number of aromatic nitrogens is 7. The van der Waals surface area contributed by atoms with Gasteiger partial charge >= 0.3 is 0 Å². The lowest BCUT2D eigenvalue weighted by Crippen LogP contribution is -2.43. The Hall–Kier alpha value is -3.40. The number of anilines is 1. The van der Waals surface area contributed by atoms with Gasteiger partial charge in [-0.15, -0.1) is 0 Å². The molecule has 10 nitrogen and oxygen atoms in total. The molecule has 2 fully saturated rings. The first-order chi connectivity index (χ1) is 15.9. The summed E-state index contributed by atoms with van der Waals surface area (Å²) in [6.45, 7) is 8.31. The van der Waals surface area contributed by atoms with Crippen LogP contribution in [0.5, 0.6) is 0 Å². The molecule has 6 rings (SSSR count). The van der Waals surface area contributed by atoms with Crippen molar-refractivity contribution in [3.05, 3.63) is 30.0 Å². The Morgan fingerprint density at radius 3 is 2.48 bits per heavy atom. The number of hydrogen-bond donors (Lipinski definition) is 2. The summed E-state index contributed by atoms with van der Waals surface area (Å²) in [5.41, 5.74) is 9.76. The number of nitrogens with one attached hydrogen (secondary N) is 1. The van der Waals surface area contributed by atoms with Gasteiger partial charge in [-0.1, -0.05) is 5.16 Å². The molecule has 4 aromatic rings. The second-order valence-corrected chi connectivity index (χ2v) is 10.1. The molecule has 5 heterocycles. The average molecular weight is 446 g/mol. The molecule has 0 unspecified atom stereocenters. The number of fused-ring (bicyclic) bond motifs is 1. The van der Waals surface area contributed by atoms with Gasteiger partial charge in [0, 0.05) is 18.3 Å². The smallest absolute Gasteiger partial charge is 0.165 e. The van der Waals surface area contributed by atoms with E-state index in [2.05, 4.69) is 41.2 Å². The molecule has 33 heavy (non-hydrogen) atoms. The van der Waals surface area contributed by atoms with E-state index in [1.165, 1.54) is 6.33 Å². The fourth-order valence-corrected chi connectivity index (χ4v) is 4.33. The van der Waals surface area contributed by atoms with Crippen LogP contribution in [0.15, 0.2) is 23.2 Å². The van der Waals surface area contributed by atoms with E-state index in [4.69, 9.17) is 25.3 Å². The molecule has 10 heteroatoms. The highest BCUT2D eigenvalue weighted by Gasteiger charge is 2.36. The van der Waals surface area contributed by atoms with E-state index in [1.54, 1.807) is 0 Å². The van der Waals surface area contributed by atoms with Crippen molar-refractivity contribution < 1.29 is 4.52 Å². The number of nitrogens with two attached hydrogens (primary N) is 1. The molecule has 3 N–H and O–H groups in total. The standard InChI is InChI=1S/C23H27N9O/c1-23(2,3)32-22-16(20(24)28-11-29-22)17(30-32)18-15(19(33-31-18)14-4-5-14)21-26-9-13(10-27-21)6-12-7-25-8-12/h9-12,14,25H,4-8H2,1-3H3,(H2,24,28,29). The molecule has 170 valence electrons. The van der Waals surface area contributed by atoms with Gasteiger partial charge in [-0.25, -0.2) is 24.6 Å². The normalized spacial score (nSPS) is 16.9. The maximum atomic E-state index is 6.30. The van der Waals surface area contributed by atoms with Crippen molar-refractivity contribution in [3.63, 3.8) is 0 Å². The summed E-state index contributed by atoms with van der Waals surface area (Å²) in [7, 11) is 0. The van der Waals surface area contributed by atoms with Crippen molar-refractivity contribution in [2.75, 3.05) is 18.8 Å². The lowest BCUT2D eigenvalue weighted by Gasteiger charge is -2.26. The minimum Gasteiger partial charge on any atom is -0.383 e. The number of nitrogen functional groups attached to an aromatic ring is 1. The second-order valence-electron chi connectivity index (χ2n) is 10.1. The average Bonchev–Trinajstić information content (AvgIpc) is 3.37. The van der Waals surface area contributed by atoms with E-state index in [1.807, 2.05) is 17.1 Å². The zero-order chi connectivity index (χ0) is 22.7. The van der Waals surface area contributed by atoms with Crippen LogP contribution in [0.4, 0.5) is 5.82 Å². The Kier molecular flexibility index (Phi) is 4.48. The van der Waals surface area contributed by atoms with Gasteiger partial charge in [-0.3, -0.25) is 0 Å². The molecule has 1 aliphatic carbocycles. The molecule has 0 aromatic carbocycles. The summed E-state index contributed by atoms with van der Waals surface area (Å²) in [5, 5.41) is 13.3. The predicted molar refractivity (Wildman–Crippen MR) is 123 cm³/mol. The molecule has 1 saturated heterocycles. The third kappa shape index (κ3) is 3.45. The largest absolute Gasteiger partial charge is 0.383 e. The van der Waals surface area contributed by atoms with Gasteiger partial charge in [0.25, 0.3) is 0 Å². The molecule has 1 aliphatic heterocycles. The number of rotatable bonds is 5. The maximum Gasteiger partial charge on any atom is 0.165 e. The Balaban J connectivity index is 1.50. The van der Waals surface area contributed by atoms with E-state index >= 15 is 0 Å². The molecule has 0 atom stereocenters. The van der Waals surface area contributed by atoms with Crippen LogP contribution in [0.2, 0.25) is 0 Å². The Morgan fingerprint density at radius 1 is 1.09 bits per heavy atom. The number of nitrogens with zero attached hydrogens (tertiary/aromatic N) is 7. The van der Waals surface area contributed by atoms with Gasteiger partial charge in [0.2, 0.25) is 0 Å². The van der Waals surface area contributed by atoms with E-state index in [0.717, 1.165) is 49.2 Å². The topological polar surface area (TPSA) is 133 Å². The van der Waals surface area contributed by atoms with E-state index in [-0.39, 0.29) is 5.54 Å². The highest BCUT2D eigenvalue weighted by Crippen LogP contribution is 2.47. The highest BCUT2D eigenvalue weighted by atomic mass is 16.5. The minimum absolute atomic E-state index is 0.310. The second kappa shape index (κ2) is 7.31. The molecular formula is C23H27N9O. The first-order valence-corrected chi connectivity index (χ1v) is 11.4. The van der Waals surface area contributed by atoms with Crippen LogP contribution in [-0.4, -0.2) is 48.0 Å². The maximum absolute atomic E-state index is 6.30. The lowest BCUT2D eigenvalue weighted by molar-refractivity contribution is 0.346. The molecule has 4 aromatic heterocycles. The van der Waals surface area contributed by atoms with Crippen molar-refractivity contribution in [1.82, 2.24) is 40.2 Å². The van der Waals surface area contributed by atoms with Crippen molar-refractivity contribution >= 4 is 16.9 Å². The fourth-order valence-electron chi connectivity index (χ4n) is 4.33. The van der Waals surface area contributed by atoms with Crippen LogP contribution in [0, 0.1) is 5.92 Å². The third-order valence-electron chi connectivity index (χ3n) is 6.34. The van der Waals surface area contributed by atoms with Crippen LogP contribution < -0.4 is 11.1 Å². The minimum atomic E-state index is -0.310. The predicted octanol–water partition coefficient (Wildman–Crippen LogP) is 2.91. The van der Waals surface area contributed by atoms with Crippen molar-refractivity contribution in [2.45, 2.75) is 51.5 Å². The van der Waals surface area contributed by atoms with Crippen LogP contribution in [0.1, 0.15) is 50.9 Å². The van der Waals surface area contributed by atoms with Gasteiger partial charge in [0.1, 0.15) is 23.5 Å². The van der Waals surface area contributed by atoms with Gasteiger partial charge in [-0.05, 0) is 64.6 Å². The first kappa shape index (κ1) is 20.2. The number of hydrogen-bond acceptors (Lipinski definition) is 9. The monoisotopic (exact) mass is 445 g/mol. The van der Waals surface area contributed by atoms with Gasteiger partial charge in [0.05, 0.1) is 16.5 Å². The summed E-state index contributed by atoms with van der Waals surface area (Å²) in [4.78, 5) is 18.1. The molecule has 0 radical (unpaired) electrons. The lowest BCUT2D eigenvalue weighted by atomic mass is 9.96. The Labute approximate surface area is 191 Å². The molecule has 0 bridgehead atoms. The Morgan fingerprint density at radius 2 is 1.85 bits per heavy atom. The quantitative estimate of drug-likeness (QED) is 0.475. The fraction of sp³-hybridized carbons (Fsp3) is 0.478. The molecule has 0 spiro atoms. The molecule has 1 saturated carbocycles. The van der Waals surface area contributed by atoms with Crippen molar-refractivity contribution in [2.24, 2.45) is 5.92 Å². The van der Waals surface area contributed by atoms with E-state index in [9.17, 15) is 0 Å². The summed E-state index contributed by atoms with van der Waals surface area (Å²) in [5.74, 6) is 2.75.